The van der Waals surface area contributed by atoms with Crippen molar-refractivity contribution in [2.45, 2.75) is 34.6 Å². The molecule has 3 rings (SSSR count). The van der Waals surface area contributed by atoms with Gasteiger partial charge in [0.1, 0.15) is 11.4 Å². The van der Waals surface area contributed by atoms with Crippen molar-refractivity contribution in [2.24, 2.45) is 0 Å². The number of aryl methyl sites for hydroxylation is 5. The van der Waals surface area contributed by atoms with Crippen LogP contribution in [0.1, 0.15) is 38.4 Å². The van der Waals surface area contributed by atoms with Gasteiger partial charge in [-0.15, -0.1) is 0 Å². The van der Waals surface area contributed by atoms with Gasteiger partial charge in [-0.3, -0.25) is 4.79 Å². The van der Waals surface area contributed by atoms with Crippen LogP contribution in [0.4, 0.5) is 5.69 Å². The van der Waals surface area contributed by atoms with Crippen molar-refractivity contribution in [1.29, 1.82) is 0 Å². The Kier molecular flexibility index (Phi) is 5.00. The van der Waals surface area contributed by atoms with E-state index in [1.54, 1.807) is 12.1 Å². The maximum Gasteiger partial charge on any atom is 0.274 e. The molecule has 0 fully saturated rings. The summed E-state index contributed by atoms with van der Waals surface area (Å²) in [5.74, 6) is -0.0576. The van der Waals surface area contributed by atoms with Crippen LogP contribution in [0.2, 0.25) is 0 Å². The van der Waals surface area contributed by atoms with Gasteiger partial charge in [0, 0.05) is 22.5 Å². The number of aromatic hydroxyl groups is 1. The van der Waals surface area contributed by atoms with Crippen LogP contribution in [-0.2, 0) is 0 Å². The Morgan fingerprint density at radius 2 is 1.52 bits per heavy atom. The number of anilines is 1. The summed E-state index contributed by atoms with van der Waals surface area (Å²) in [6.45, 7) is 9.74. The lowest BCUT2D eigenvalue weighted by atomic mass is 9.91. The number of pyridine rings is 1. The van der Waals surface area contributed by atoms with Crippen LogP contribution in [0, 0.1) is 34.6 Å². The van der Waals surface area contributed by atoms with Crippen LogP contribution in [0.3, 0.4) is 0 Å². The van der Waals surface area contributed by atoms with Crippen molar-refractivity contribution in [1.82, 2.24) is 4.98 Å². The smallest absolute Gasteiger partial charge is 0.274 e. The fourth-order valence-corrected chi connectivity index (χ4v) is 3.52. The lowest BCUT2D eigenvalue weighted by Gasteiger charge is -2.18. The molecule has 0 saturated heterocycles. The molecule has 0 radical (unpaired) electrons. The van der Waals surface area contributed by atoms with Gasteiger partial charge in [0.25, 0.3) is 5.91 Å². The maximum absolute atomic E-state index is 12.8. The summed E-state index contributed by atoms with van der Waals surface area (Å²) in [4.78, 5) is 17.1. The lowest BCUT2D eigenvalue weighted by molar-refractivity contribution is 0.102. The molecule has 27 heavy (non-hydrogen) atoms. The number of nitrogens with one attached hydrogen (secondary N) is 1. The van der Waals surface area contributed by atoms with E-state index < -0.39 is 0 Å². The number of aromatic nitrogens is 1. The van der Waals surface area contributed by atoms with Gasteiger partial charge in [-0.25, -0.2) is 4.98 Å². The summed E-state index contributed by atoms with van der Waals surface area (Å²) in [7, 11) is 0. The number of benzene rings is 2. The Labute approximate surface area is 159 Å². The van der Waals surface area contributed by atoms with Gasteiger partial charge in [0.2, 0.25) is 0 Å². The van der Waals surface area contributed by atoms with Crippen molar-refractivity contribution in [2.75, 3.05) is 5.32 Å². The summed E-state index contributed by atoms with van der Waals surface area (Å²) < 4.78 is 0. The zero-order chi connectivity index (χ0) is 19.7. The van der Waals surface area contributed by atoms with Gasteiger partial charge >= 0.3 is 0 Å². The first-order chi connectivity index (χ1) is 12.8. The molecule has 0 aliphatic carbocycles. The molecule has 1 amide bonds. The summed E-state index contributed by atoms with van der Waals surface area (Å²) in [6, 6.07) is 13.1. The standard InChI is InChI=1S/C23H24N2O2/c1-13-9-15(3)21(22-16(4)10-14(2)12-20(22)26)19(11-13)25-23(27)18-8-6-7-17(5)24-18/h6-12,26H,1-5H3,(H,25,27). The number of carbonyl (C=O) groups is 1. The van der Waals surface area contributed by atoms with E-state index >= 15 is 0 Å². The van der Waals surface area contributed by atoms with E-state index in [1.165, 1.54) is 0 Å². The zero-order valence-electron chi connectivity index (χ0n) is 16.3. The predicted molar refractivity (Wildman–Crippen MR) is 109 cm³/mol. The van der Waals surface area contributed by atoms with Gasteiger partial charge in [0.15, 0.2) is 0 Å². The normalized spacial score (nSPS) is 10.7. The first-order valence-corrected chi connectivity index (χ1v) is 8.93. The molecule has 4 nitrogen and oxygen atoms in total. The average molecular weight is 360 g/mol. The number of phenolic OH excluding ortho intramolecular Hbond substituents is 1. The second-order valence-corrected chi connectivity index (χ2v) is 7.10. The largest absolute Gasteiger partial charge is 0.507 e. The molecule has 2 aromatic carbocycles. The second-order valence-electron chi connectivity index (χ2n) is 7.10. The van der Waals surface area contributed by atoms with E-state index in [2.05, 4.69) is 16.4 Å². The van der Waals surface area contributed by atoms with Crippen LogP contribution in [0.25, 0.3) is 11.1 Å². The quantitative estimate of drug-likeness (QED) is 0.671. The van der Waals surface area contributed by atoms with Gasteiger partial charge in [-0.1, -0.05) is 18.2 Å². The van der Waals surface area contributed by atoms with Gasteiger partial charge in [-0.2, -0.15) is 0 Å². The Morgan fingerprint density at radius 3 is 2.15 bits per heavy atom. The summed E-state index contributed by atoms with van der Waals surface area (Å²) >= 11 is 0. The summed E-state index contributed by atoms with van der Waals surface area (Å²) in [6.07, 6.45) is 0. The number of nitrogens with zero attached hydrogens (tertiary/aromatic N) is 1. The molecule has 0 unspecified atom stereocenters. The summed E-state index contributed by atoms with van der Waals surface area (Å²) in [5, 5.41) is 13.6. The third kappa shape index (κ3) is 3.85. The van der Waals surface area contributed by atoms with Crippen LogP contribution < -0.4 is 5.32 Å². The molecular formula is C23H24N2O2. The van der Waals surface area contributed by atoms with Crippen molar-refractivity contribution < 1.29 is 9.90 Å². The van der Waals surface area contributed by atoms with Gasteiger partial charge in [-0.05, 0) is 81.1 Å². The van der Waals surface area contributed by atoms with Crippen molar-refractivity contribution in [3.8, 4) is 16.9 Å². The zero-order valence-corrected chi connectivity index (χ0v) is 16.3. The maximum atomic E-state index is 12.8. The molecule has 4 heteroatoms. The number of carbonyl (C=O) groups excluding carboxylic acids is 1. The third-order valence-corrected chi connectivity index (χ3v) is 4.56. The molecule has 0 saturated carbocycles. The molecule has 0 aliphatic heterocycles. The highest BCUT2D eigenvalue weighted by molar-refractivity contribution is 6.06. The Morgan fingerprint density at radius 1 is 0.889 bits per heavy atom. The molecular weight excluding hydrogens is 336 g/mol. The third-order valence-electron chi connectivity index (χ3n) is 4.56. The minimum atomic E-state index is -0.269. The fraction of sp³-hybridized carbons (Fsp3) is 0.217. The van der Waals surface area contributed by atoms with E-state index in [-0.39, 0.29) is 11.7 Å². The van der Waals surface area contributed by atoms with E-state index in [1.807, 2.05) is 58.9 Å². The second kappa shape index (κ2) is 7.23. The molecule has 0 spiro atoms. The molecule has 0 atom stereocenters. The molecule has 138 valence electrons. The Hall–Kier alpha value is -3.14. The first kappa shape index (κ1) is 18.6. The van der Waals surface area contributed by atoms with E-state index in [9.17, 15) is 9.90 Å². The highest BCUT2D eigenvalue weighted by atomic mass is 16.3. The predicted octanol–water partition coefficient (Wildman–Crippen LogP) is 5.25. The van der Waals surface area contributed by atoms with Gasteiger partial charge in [0.05, 0.1) is 0 Å². The van der Waals surface area contributed by atoms with Gasteiger partial charge < -0.3 is 10.4 Å². The number of hydrogen-bond acceptors (Lipinski definition) is 3. The highest BCUT2D eigenvalue weighted by Gasteiger charge is 2.18. The SMILES string of the molecule is Cc1cc(C)c(-c2c(C)cc(C)cc2NC(=O)c2cccc(C)n2)c(O)c1. The summed E-state index contributed by atoms with van der Waals surface area (Å²) in [5.41, 5.74) is 7.37. The number of hydrogen-bond donors (Lipinski definition) is 2. The number of rotatable bonds is 3. The molecule has 1 aromatic heterocycles. The van der Waals surface area contributed by atoms with E-state index in [0.29, 0.717) is 11.4 Å². The van der Waals surface area contributed by atoms with Crippen LogP contribution in [0.5, 0.6) is 5.75 Å². The highest BCUT2D eigenvalue weighted by Crippen LogP contribution is 2.40. The minimum Gasteiger partial charge on any atom is -0.507 e. The molecule has 2 N–H and O–H groups in total. The molecule has 1 heterocycles. The van der Waals surface area contributed by atoms with Crippen molar-refractivity contribution >= 4 is 11.6 Å². The molecule has 3 aromatic rings. The Bertz CT molecular complexity index is 1020. The van der Waals surface area contributed by atoms with Crippen molar-refractivity contribution in [3.05, 3.63) is 76.1 Å². The lowest BCUT2D eigenvalue weighted by Crippen LogP contribution is -2.15. The van der Waals surface area contributed by atoms with E-state index in [0.717, 1.165) is 39.1 Å². The molecule has 0 aliphatic rings. The van der Waals surface area contributed by atoms with E-state index in [4.69, 9.17) is 0 Å². The molecule has 0 bridgehead atoms. The topological polar surface area (TPSA) is 62.2 Å². The minimum absolute atomic E-state index is 0.212. The average Bonchev–Trinajstić information content (AvgIpc) is 2.56. The van der Waals surface area contributed by atoms with Crippen molar-refractivity contribution in [3.63, 3.8) is 0 Å². The van der Waals surface area contributed by atoms with Crippen LogP contribution in [0.15, 0.2) is 42.5 Å². The monoisotopic (exact) mass is 360 g/mol. The number of amides is 1. The van der Waals surface area contributed by atoms with Crippen LogP contribution in [-0.4, -0.2) is 16.0 Å². The first-order valence-electron chi connectivity index (χ1n) is 8.93. The Balaban J connectivity index is 2.13. The number of phenols is 1. The van der Waals surface area contributed by atoms with Crippen LogP contribution >= 0.6 is 0 Å². The fourth-order valence-electron chi connectivity index (χ4n) is 3.52.